The number of amides is 2. The summed E-state index contributed by atoms with van der Waals surface area (Å²) in [6.45, 7) is 17.0. The van der Waals surface area contributed by atoms with Crippen molar-refractivity contribution in [3.8, 4) is 11.3 Å². The molecule has 0 atom stereocenters. The Kier molecular flexibility index (Phi) is 20.7. The Morgan fingerprint density at radius 1 is 0.794 bits per heavy atom. The van der Waals surface area contributed by atoms with Gasteiger partial charge in [-0.2, -0.15) is 0 Å². The molecule has 2 amide bonds. The monoisotopic (exact) mass is 965 g/mol. The highest BCUT2D eigenvalue weighted by Gasteiger charge is 2.40. The van der Waals surface area contributed by atoms with E-state index in [-0.39, 0.29) is 53.7 Å². The predicted octanol–water partition coefficient (Wildman–Crippen LogP) is 5.69. The minimum absolute atomic E-state index is 0.150. The topological polar surface area (TPSA) is 186 Å². The lowest BCUT2D eigenvalue weighted by atomic mass is 9.82. The van der Waals surface area contributed by atoms with E-state index in [0.29, 0.717) is 122 Å². The Bertz CT molecular complexity index is 2340. The number of Topliss-reactive ketones (excluding diaryl/α,β-unsaturated/α-hetero) is 1. The van der Waals surface area contributed by atoms with Gasteiger partial charge in [-0.15, -0.1) is 0 Å². The van der Waals surface area contributed by atoms with Crippen molar-refractivity contribution in [1.82, 2.24) is 9.48 Å². The molecule has 1 saturated heterocycles. The molecule has 3 heterocycles. The fourth-order valence-corrected chi connectivity index (χ4v) is 8.85. The third-order valence-corrected chi connectivity index (χ3v) is 12.9. The Morgan fingerprint density at radius 3 is 1.99 bits per heavy atom. The molecule has 3 aliphatic heterocycles. The molecule has 0 saturated carbocycles. The Labute approximate surface area is 401 Å². The second-order valence-corrected chi connectivity index (χ2v) is 19.8. The first kappa shape index (κ1) is 54.4. The molecule has 1 aromatic rings. The van der Waals surface area contributed by atoms with Gasteiger partial charge in [0.1, 0.15) is 34.9 Å². The van der Waals surface area contributed by atoms with Gasteiger partial charge in [-0.1, -0.05) is 47.1 Å². The molecule has 5 rings (SSSR count). The van der Waals surface area contributed by atoms with E-state index in [2.05, 4.69) is 54.5 Å². The smallest absolute Gasteiger partial charge is 0.230 e. The van der Waals surface area contributed by atoms with Gasteiger partial charge in [-0.25, -0.2) is 13.0 Å². The van der Waals surface area contributed by atoms with E-state index in [0.717, 1.165) is 32.8 Å². The summed E-state index contributed by atoms with van der Waals surface area (Å²) in [5.74, 6) is 0.597. The number of rotatable bonds is 29. The quantitative estimate of drug-likeness (QED) is 0.0358. The Balaban J connectivity index is 1.40. The van der Waals surface area contributed by atoms with Crippen molar-refractivity contribution >= 4 is 39.5 Å². The summed E-state index contributed by atoms with van der Waals surface area (Å²) in [6, 6.07) is 12.8. The highest BCUT2D eigenvalue weighted by Crippen LogP contribution is 2.48. The molecule has 1 fully saturated rings. The van der Waals surface area contributed by atoms with Crippen LogP contribution in [0, 0.1) is 0 Å². The molecule has 0 spiro atoms. The number of ketones is 1. The zero-order valence-electron chi connectivity index (χ0n) is 41.0. The lowest BCUT2D eigenvalue weighted by molar-refractivity contribution is -0.141. The molecule has 0 radical (unpaired) electrons. The van der Waals surface area contributed by atoms with Crippen LogP contribution in [0.25, 0.3) is 17.4 Å². The molecule has 1 aromatic carbocycles. The van der Waals surface area contributed by atoms with Gasteiger partial charge in [-0.3, -0.25) is 19.3 Å². The maximum atomic E-state index is 12.7. The average molecular weight is 966 g/mol. The van der Waals surface area contributed by atoms with Gasteiger partial charge in [0.25, 0.3) is 0 Å². The van der Waals surface area contributed by atoms with E-state index in [1.807, 2.05) is 32.1 Å². The van der Waals surface area contributed by atoms with Crippen molar-refractivity contribution in [3.05, 3.63) is 82.6 Å². The molecule has 374 valence electrons. The van der Waals surface area contributed by atoms with Crippen LogP contribution < -0.4 is 14.8 Å². The number of nitrogens with zero attached hydrogens (tertiary/aromatic N) is 3. The Morgan fingerprint density at radius 2 is 1.40 bits per heavy atom. The highest BCUT2D eigenvalue weighted by molar-refractivity contribution is 7.85. The summed E-state index contributed by atoms with van der Waals surface area (Å²) in [7, 11) is -1.42. The fourth-order valence-electron chi connectivity index (χ4n) is 8.35. The minimum Gasteiger partial charge on any atom is -0.744 e. The molecule has 0 unspecified atom stereocenters. The molecule has 16 nitrogen and oxygen atoms in total. The SMILES string of the molecule is COCCOCCOCC[N+](CCOCCOCCOC)=c1ccc2c(C(C)(C)C)cc(/C=C/C=C3/N(CCCCCC(=O)CN4C(=O)CCC4=O)c4ccc(S(=O)(=O)[O-])cc4C3(C)C)oc-2c1. The molecule has 4 aliphatic rings. The second kappa shape index (κ2) is 25.9. The number of imide groups is 1. The summed E-state index contributed by atoms with van der Waals surface area (Å²) in [6.07, 6.45) is 8.39. The van der Waals surface area contributed by atoms with Crippen LogP contribution in [-0.4, -0.2) is 142 Å². The first-order valence-corrected chi connectivity index (χ1v) is 24.9. The van der Waals surface area contributed by atoms with Gasteiger partial charge in [0.2, 0.25) is 17.2 Å². The average Bonchev–Trinajstić information content (AvgIpc) is 3.71. The predicted molar refractivity (Wildman–Crippen MR) is 257 cm³/mol. The maximum Gasteiger partial charge on any atom is 0.230 e. The number of ether oxygens (including phenoxy) is 6. The first-order valence-electron chi connectivity index (χ1n) is 23.5. The molecular weight excluding hydrogens is 895 g/mol. The number of hydrogen-bond acceptors (Lipinski definition) is 14. The number of carbonyl (C=O) groups excluding carboxylic acids is 3. The third kappa shape index (κ3) is 15.5. The number of anilines is 1. The number of likely N-dealkylation sites (tertiary alicyclic amines) is 1. The molecule has 1 aliphatic carbocycles. The molecule has 68 heavy (non-hydrogen) atoms. The second-order valence-electron chi connectivity index (χ2n) is 18.5. The summed E-state index contributed by atoms with van der Waals surface area (Å²) in [4.78, 5) is 39.6. The molecule has 0 N–H and O–H groups in total. The number of allylic oxidation sites excluding steroid dienone is 3. The van der Waals surface area contributed by atoms with Crippen LogP contribution in [-0.2, 0) is 63.8 Å². The first-order chi connectivity index (χ1) is 32.4. The van der Waals surface area contributed by atoms with E-state index in [1.54, 1.807) is 20.3 Å². The van der Waals surface area contributed by atoms with Gasteiger partial charge in [0.05, 0.1) is 70.4 Å². The van der Waals surface area contributed by atoms with Crippen LogP contribution >= 0.6 is 0 Å². The van der Waals surface area contributed by atoms with Crippen molar-refractivity contribution in [1.29, 1.82) is 0 Å². The van der Waals surface area contributed by atoms with Crippen LogP contribution in [0.1, 0.15) is 90.0 Å². The van der Waals surface area contributed by atoms with Gasteiger partial charge in [-0.05, 0) is 71.9 Å². The summed E-state index contributed by atoms with van der Waals surface area (Å²) >= 11 is 0. The molecular formula is C51H71N3O13S. The van der Waals surface area contributed by atoms with Crippen LogP contribution in [0.3, 0.4) is 0 Å². The minimum atomic E-state index is -4.70. The summed E-state index contributed by atoms with van der Waals surface area (Å²) in [5, 5.41) is 0.950. The van der Waals surface area contributed by atoms with E-state index < -0.39 is 15.5 Å². The zero-order chi connectivity index (χ0) is 49.3. The molecule has 0 bridgehead atoms. The van der Waals surface area contributed by atoms with E-state index >= 15 is 0 Å². The van der Waals surface area contributed by atoms with Crippen LogP contribution in [0.15, 0.2) is 69.6 Å². The summed E-state index contributed by atoms with van der Waals surface area (Å²) < 4.78 is 78.4. The normalized spacial score (nSPS) is 15.7. The lowest BCUT2D eigenvalue weighted by Crippen LogP contribution is -2.36. The Hall–Kier alpha value is -4.59. The third-order valence-electron chi connectivity index (χ3n) is 12.1. The van der Waals surface area contributed by atoms with E-state index in [1.165, 1.54) is 12.1 Å². The van der Waals surface area contributed by atoms with Crippen molar-refractivity contribution in [2.24, 2.45) is 0 Å². The van der Waals surface area contributed by atoms with Crippen molar-refractivity contribution in [2.75, 3.05) is 111 Å². The fraction of sp³-hybridized carbons (Fsp3) is 0.569. The zero-order valence-corrected chi connectivity index (χ0v) is 41.8. The number of carbonyl (C=O) groups is 3. The number of hydrogen-bond donors (Lipinski definition) is 0. The standard InChI is InChI=1S/C51H71N3O13S/c1-50(2,3)43-35-40(67-46-34-38(15-17-42(43)46)52(22-24-63-30-32-65-28-26-61-6)23-25-64-31-33-66-29-27-62-7)13-11-14-47-51(4,5)44-36-41(68(58,59)60)16-18-45(44)53(47)21-10-8-9-12-39(55)37-54-48(56)19-20-49(54)57/h11,13-18,34-36H,8-10,12,19-33,37H2,1-7H3. The van der Waals surface area contributed by atoms with Gasteiger partial charge in [0, 0.05) is 68.5 Å². The van der Waals surface area contributed by atoms with Crippen LogP contribution in [0.2, 0.25) is 0 Å². The summed E-state index contributed by atoms with van der Waals surface area (Å²) in [5.41, 5.74) is 3.61. The van der Waals surface area contributed by atoms with Crippen molar-refractivity contribution < 1.29 is 60.2 Å². The van der Waals surface area contributed by atoms with Crippen LogP contribution in [0.4, 0.5) is 5.69 Å². The van der Waals surface area contributed by atoms with Crippen molar-refractivity contribution in [2.45, 2.75) is 88.9 Å². The van der Waals surface area contributed by atoms with E-state index in [4.69, 9.17) is 32.8 Å². The highest BCUT2D eigenvalue weighted by atomic mass is 32.2. The largest absolute Gasteiger partial charge is 0.744 e. The number of methoxy groups -OCH3 is 2. The van der Waals surface area contributed by atoms with E-state index in [9.17, 15) is 27.4 Å². The number of fused-ring (bicyclic) bond motifs is 2. The van der Waals surface area contributed by atoms with Crippen molar-refractivity contribution in [3.63, 3.8) is 0 Å². The number of unbranched alkanes of at least 4 members (excludes halogenated alkanes) is 2. The van der Waals surface area contributed by atoms with Gasteiger partial charge < -0.3 is 42.3 Å². The molecule has 0 aromatic heterocycles. The maximum absolute atomic E-state index is 12.7. The van der Waals surface area contributed by atoms with Gasteiger partial charge >= 0.3 is 0 Å². The van der Waals surface area contributed by atoms with Gasteiger partial charge in [0.15, 0.2) is 18.9 Å². The number of benzene rings is 2. The van der Waals surface area contributed by atoms with Crippen LogP contribution in [0.5, 0.6) is 0 Å². The lowest BCUT2D eigenvalue weighted by Gasteiger charge is -2.27. The molecule has 17 heteroatoms.